The van der Waals surface area contributed by atoms with E-state index in [1.807, 2.05) is 12.1 Å². The second-order valence-electron chi connectivity index (χ2n) is 8.37. The molecule has 0 aliphatic heterocycles. The quantitative estimate of drug-likeness (QED) is 0.755. The fourth-order valence-corrected chi connectivity index (χ4v) is 5.57. The standard InChI is InChI=1S/C21H24O2/c1-19(2)17-7-5-15(22)9-13(17)11-21(19)12-14-10-16(23)6-8-18(14)20(21,3)4/h5-10,22-23H,11-12H2,1-4H3. The SMILES string of the molecule is CC1(C)c2ccc(O)cc2CC12Cc1cc(O)ccc1C2(C)C. The molecule has 0 bridgehead atoms. The summed E-state index contributed by atoms with van der Waals surface area (Å²) in [5.41, 5.74) is 5.30. The van der Waals surface area contributed by atoms with Gasteiger partial charge in [-0.2, -0.15) is 0 Å². The van der Waals surface area contributed by atoms with Crippen molar-refractivity contribution >= 4 is 0 Å². The van der Waals surface area contributed by atoms with E-state index in [-0.39, 0.29) is 16.2 Å². The first-order chi connectivity index (χ1) is 10.7. The van der Waals surface area contributed by atoms with E-state index in [1.54, 1.807) is 12.1 Å². The first-order valence-electron chi connectivity index (χ1n) is 8.34. The highest BCUT2D eigenvalue weighted by Gasteiger charge is 2.63. The second-order valence-corrected chi connectivity index (χ2v) is 8.37. The molecule has 2 aromatic carbocycles. The summed E-state index contributed by atoms with van der Waals surface area (Å²) in [4.78, 5) is 0. The average molecular weight is 308 g/mol. The van der Waals surface area contributed by atoms with Crippen molar-refractivity contribution in [1.29, 1.82) is 0 Å². The lowest BCUT2D eigenvalue weighted by Crippen LogP contribution is -2.49. The number of aromatic hydroxyl groups is 2. The number of hydrogen-bond donors (Lipinski definition) is 2. The van der Waals surface area contributed by atoms with E-state index >= 15 is 0 Å². The van der Waals surface area contributed by atoms with Crippen molar-refractivity contribution in [2.24, 2.45) is 5.41 Å². The number of fused-ring (bicyclic) bond motifs is 2. The van der Waals surface area contributed by atoms with Gasteiger partial charge in [-0.15, -0.1) is 0 Å². The van der Waals surface area contributed by atoms with Crippen LogP contribution in [0, 0.1) is 5.41 Å². The van der Waals surface area contributed by atoms with Gasteiger partial charge in [0.1, 0.15) is 11.5 Å². The molecule has 1 spiro atoms. The molecule has 0 amide bonds. The van der Waals surface area contributed by atoms with Gasteiger partial charge in [-0.1, -0.05) is 39.8 Å². The zero-order valence-electron chi connectivity index (χ0n) is 14.3. The van der Waals surface area contributed by atoms with Crippen LogP contribution in [0.15, 0.2) is 36.4 Å². The zero-order chi connectivity index (χ0) is 16.6. The van der Waals surface area contributed by atoms with Crippen LogP contribution in [0.4, 0.5) is 0 Å². The minimum absolute atomic E-state index is 0.00811. The molecule has 0 unspecified atom stereocenters. The zero-order valence-corrected chi connectivity index (χ0v) is 14.3. The minimum Gasteiger partial charge on any atom is -0.508 e. The van der Waals surface area contributed by atoms with Crippen LogP contribution in [-0.2, 0) is 23.7 Å². The summed E-state index contributed by atoms with van der Waals surface area (Å²) < 4.78 is 0. The smallest absolute Gasteiger partial charge is 0.115 e. The normalized spacial score (nSPS) is 22.1. The molecule has 4 rings (SSSR count). The highest BCUT2D eigenvalue weighted by atomic mass is 16.3. The number of rotatable bonds is 0. The summed E-state index contributed by atoms with van der Waals surface area (Å²) in [6.45, 7) is 9.35. The van der Waals surface area contributed by atoms with Crippen LogP contribution in [0.1, 0.15) is 49.9 Å². The Kier molecular flexibility index (Phi) is 2.61. The van der Waals surface area contributed by atoms with Gasteiger partial charge in [0.05, 0.1) is 0 Å². The third-order valence-corrected chi connectivity index (χ3v) is 6.90. The predicted molar refractivity (Wildman–Crippen MR) is 92.1 cm³/mol. The Balaban J connectivity index is 1.94. The van der Waals surface area contributed by atoms with Gasteiger partial charge in [-0.05, 0) is 75.6 Å². The Morgan fingerprint density at radius 1 is 0.696 bits per heavy atom. The molecule has 2 aromatic rings. The fraction of sp³-hybridized carbons (Fsp3) is 0.429. The van der Waals surface area contributed by atoms with E-state index < -0.39 is 0 Å². The van der Waals surface area contributed by atoms with E-state index in [4.69, 9.17) is 0 Å². The molecule has 0 radical (unpaired) electrons. The maximum absolute atomic E-state index is 9.90. The van der Waals surface area contributed by atoms with Crippen molar-refractivity contribution in [2.75, 3.05) is 0 Å². The lowest BCUT2D eigenvalue weighted by molar-refractivity contribution is 0.0850. The van der Waals surface area contributed by atoms with E-state index in [1.165, 1.54) is 22.3 Å². The Bertz CT molecular complexity index is 745. The van der Waals surface area contributed by atoms with Crippen molar-refractivity contribution in [1.82, 2.24) is 0 Å². The van der Waals surface area contributed by atoms with E-state index in [9.17, 15) is 10.2 Å². The number of benzene rings is 2. The van der Waals surface area contributed by atoms with Gasteiger partial charge in [0.2, 0.25) is 0 Å². The summed E-state index contributed by atoms with van der Waals surface area (Å²) in [6, 6.07) is 11.7. The van der Waals surface area contributed by atoms with Gasteiger partial charge in [0.15, 0.2) is 0 Å². The molecule has 2 nitrogen and oxygen atoms in total. The maximum atomic E-state index is 9.90. The predicted octanol–water partition coefficient (Wildman–Crippen LogP) is 4.45. The molecule has 23 heavy (non-hydrogen) atoms. The molecular formula is C21H24O2. The Labute approximate surface area is 137 Å². The van der Waals surface area contributed by atoms with Crippen molar-refractivity contribution in [3.63, 3.8) is 0 Å². The minimum atomic E-state index is 0.00811. The maximum Gasteiger partial charge on any atom is 0.115 e. The number of phenolic OH excluding ortho intramolecular Hbond substituents is 2. The van der Waals surface area contributed by atoms with Crippen molar-refractivity contribution in [2.45, 2.75) is 51.4 Å². The third kappa shape index (κ3) is 1.59. The highest BCUT2D eigenvalue weighted by molar-refractivity contribution is 5.55. The summed E-state index contributed by atoms with van der Waals surface area (Å²) in [6.07, 6.45) is 1.93. The number of phenols is 2. The molecule has 0 fully saturated rings. The molecular weight excluding hydrogens is 284 g/mol. The highest BCUT2D eigenvalue weighted by Crippen LogP contribution is 2.66. The van der Waals surface area contributed by atoms with Gasteiger partial charge in [0.25, 0.3) is 0 Å². The first kappa shape index (κ1) is 14.6. The lowest BCUT2D eigenvalue weighted by atomic mass is 9.54. The van der Waals surface area contributed by atoms with Gasteiger partial charge in [-0.3, -0.25) is 0 Å². The van der Waals surface area contributed by atoms with Crippen molar-refractivity contribution in [3.8, 4) is 11.5 Å². The molecule has 2 N–H and O–H groups in total. The van der Waals surface area contributed by atoms with Crippen LogP contribution < -0.4 is 0 Å². The molecule has 0 saturated carbocycles. The molecule has 0 atom stereocenters. The van der Waals surface area contributed by atoms with E-state index in [2.05, 4.69) is 39.8 Å². The summed E-state index contributed by atoms with van der Waals surface area (Å²) in [5.74, 6) is 0.699. The van der Waals surface area contributed by atoms with Crippen LogP contribution in [0.25, 0.3) is 0 Å². The molecule has 2 aliphatic rings. The van der Waals surface area contributed by atoms with Gasteiger partial charge < -0.3 is 10.2 Å². The molecule has 0 saturated heterocycles. The summed E-state index contributed by atoms with van der Waals surface area (Å²) in [5, 5.41) is 19.8. The average Bonchev–Trinajstić information content (AvgIpc) is 2.80. The Hall–Kier alpha value is -1.96. The largest absolute Gasteiger partial charge is 0.508 e. The van der Waals surface area contributed by atoms with Crippen LogP contribution in [-0.4, -0.2) is 10.2 Å². The third-order valence-electron chi connectivity index (χ3n) is 6.90. The Morgan fingerprint density at radius 3 is 1.48 bits per heavy atom. The molecule has 2 aliphatic carbocycles. The first-order valence-corrected chi connectivity index (χ1v) is 8.34. The summed E-state index contributed by atoms with van der Waals surface area (Å²) in [7, 11) is 0. The van der Waals surface area contributed by atoms with Gasteiger partial charge >= 0.3 is 0 Å². The van der Waals surface area contributed by atoms with Crippen LogP contribution in [0.5, 0.6) is 11.5 Å². The lowest BCUT2D eigenvalue weighted by Gasteiger charge is -2.49. The Morgan fingerprint density at radius 2 is 1.09 bits per heavy atom. The molecule has 0 heterocycles. The number of hydrogen-bond acceptors (Lipinski definition) is 2. The monoisotopic (exact) mass is 308 g/mol. The fourth-order valence-electron chi connectivity index (χ4n) is 5.57. The van der Waals surface area contributed by atoms with E-state index in [0.717, 1.165) is 12.8 Å². The van der Waals surface area contributed by atoms with Crippen LogP contribution >= 0.6 is 0 Å². The van der Waals surface area contributed by atoms with Gasteiger partial charge in [0, 0.05) is 0 Å². The topological polar surface area (TPSA) is 40.5 Å². The van der Waals surface area contributed by atoms with E-state index in [0.29, 0.717) is 11.5 Å². The van der Waals surface area contributed by atoms with Crippen LogP contribution in [0.3, 0.4) is 0 Å². The molecule has 2 heteroatoms. The molecule has 120 valence electrons. The summed E-state index contributed by atoms with van der Waals surface area (Å²) >= 11 is 0. The van der Waals surface area contributed by atoms with Gasteiger partial charge in [-0.25, -0.2) is 0 Å². The van der Waals surface area contributed by atoms with Crippen LogP contribution in [0.2, 0.25) is 0 Å². The van der Waals surface area contributed by atoms with Crippen molar-refractivity contribution in [3.05, 3.63) is 58.7 Å². The molecule has 0 aromatic heterocycles. The van der Waals surface area contributed by atoms with Crippen molar-refractivity contribution < 1.29 is 10.2 Å². The second kappa shape index (κ2) is 4.11.